The first kappa shape index (κ1) is 9.59. The van der Waals surface area contributed by atoms with Crippen LogP contribution in [-0.2, 0) is 4.57 Å². The molecule has 3 N–H and O–H groups in total. The molecule has 0 aliphatic rings. The van der Waals surface area contributed by atoms with Crippen molar-refractivity contribution >= 4 is 23.7 Å². The van der Waals surface area contributed by atoms with Crippen molar-refractivity contribution in [3.05, 3.63) is 0 Å². The smallest absolute Gasteiger partial charge is 0.323 e. The molecule has 0 aromatic carbocycles. The Bertz CT molecular complexity index is 120. The molecule has 1 atom stereocenters. The second-order valence-corrected chi connectivity index (χ2v) is 3.88. The van der Waals surface area contributed by atoms with E-state index in [4.69, 9.17) is 9.79 Å². The number of rotatable bonds is 3. The molecule has 9 heavy (non-hydrogen) atoms. The summed E-state index contributed by atoms with van der Waals surface area (Å²) in [6, 6.07) is 0. The molecule has 0 saturated carbocycles. The highest BCUT2D eigenvalue weighted by Crippen LogP contribution is 2.41. The lowest BCUT2D eigenvalue weighted by Crippen LogP contribution is -2.18. The van der Waals surface area contributed by atoms with Crippen molar-refractivity contribution in [1.29, 1.82) is 0 Å². The molecule has 0 aliphatic heterocycles. The Kier molecular flexibility index (Phi) is 3.93. The van der Waals surface area contributed by atoms with Gasteiger partial charge in [-0.25, -0.2) is 4.34 Å². The zero-order chi connectivity index (χ0) is 7.49. The minimum Gasteiger partial charge on any atom is -0.323 e. The maximum atomic E-state index is 10.4. The molecule has 0 rings (SSSR count). The van der Waals surface area contributed by atoms with Gasteiger partial charge in [0.05, 0.1) is 0 Å². The fourth-order valence-corrected chi connectivity index (χ4v) is 2.11. The Morgan fingerprint density at radius 3 is 2.22 bits per heavy atom. The molecule has 0 heterocycles. The molecule has 0 bridgehead atoms. The van der Waals surface area contributed by atoms with E-state index >= 15 is 0 Å². The van der Waals surface area contributed by atoms with Gasteiger partial charge in [-0.3, -0.25) is 4.57 Å². The molecule has 0 fully saturated rings. The molecular weight excluding hydrogens is 209 g/mol. The van der Waals surface area contributed by atoms with Crippen LogP contribution in [-0.4, -0.2) is 15.6 Å². The second kappa shape index (κ2) is 3.68. The van der Waals surface area contributed by atoms with Crippen molar-refractivity contribution in [2.24, 2.45) is 0 Å². The summed E-state index contributed by atoms with van der Waals surface area (Å²) in [5.74, 6) is -0.766. The lowest BCUT2D eigenvalue weighted by Gasteiger charge is -2.12. The van der Waals surface area contributed by atoms with Crippen LogP contribution >= 0.6 is 23.7 Å². The first-order chi connectivity index (χ1) is 4.02. The van der Waals surface area contributed by atoms with Crippen molar-refractivity contribution < 1.29 is 14.4 Å². The summed E-state index contributed by atoms with van der Waals surface area (Å²) in [4.78, 5) is 17.0. The molecule has 0 aliphatic carbocycles. The maximum absolute atomic E-state index is 10.4. The van der Waals surface area contributed by atoms with Crippen LogP contribution in [0.5, 0.6) is 0 Å². The Balaban J connectivity index is 3.96. The van der Waals surface area contributed by atoms with E-state index in [1.54, 1.807) is 6.92 Å². The van der Waals surface area contributed by atoms with E-state index in [0.717, 1.165) is 0 Å². The summed E-state index contributed by atoms with van der Waals surface area (Å²) in [5, 5.41) is 0. The normalized spacial score (nSPS) is 15.6. The van der Waals surface area contributed by atoms with Crippen molar-refractivity contribution in [2.75, 3.05) is 0 Å². The maximum Gasteiger partial charge on any atom is 0.343 e. The highest BCUT2D eigenvalue weighted by Gasteiger charge is 2.25. The quantitative estimate of drug-likeness (QED) is 0.484. The number of hydrogen-bond acceptors (Lipinski definition) is 2. The Morgan fingerprint density at radius 1 is 1.78 bits per heavy atom. The van der Waals surface area contributed by atoms with Crippen LogP contribution in [0.1, 0.15) is 13.3 Å². The molecular formula is C3H9BrNO3P. The zero-order valence-corrected chi connectivity index (χ0v) is 7.39. The molecule has 0 aromatic rings. The largest absolute Gasteiger partial charge is 0.343 e. The summed E-state index contributed by atoms with van der Waals surface area (Å²) in [6.07, 6.45) is 0.398. The standard InChI is InChI=1S/C3H9BrNO3P/c1-2-3(5-4)9(6,7)8/h3,5H,2H2,1H3,(H2,6,7,8). The fraction of sp³-hybridized carbons (Fsp3) is 1.00. The van der Waals surface area contributed by atoms with Gasteiger partial charge in [0.2, 0.25) is 0 Å². The molecule has 0 amide bonds. The van der Waals surface area contributed by atoms with Crippen LogP contribution in [0.4, 0.5) is 0 Å². The summed E-state index contributed by atoms with van der Waals surface area (Å²) in [5.41, 5.74) is 0. The SMILES string of the molecule is CCC(NBr)P(=O)(O)O. The van der Waals surface area contributed by atoms with Gasteiger partial charge in [-0.1, -0.05) is 6.92 Å². The fourth-order valence-electron chi connectivity index (χ4n) is 0.379. The minimum absolute atomic E-state index is 0.398. The molecule has 0 saturated heterocycles. The van der Waals surface area contributed by atoms with Crippen molar-refractivity contribution in [1.82, 2.24) is 4.34 Å². The first-order valence-corrected chi connectivity index (χ1v) is 4.91. The van der Waals surface area contributed by atoms with Crippen molar-refractivity contribution in [3.8, 4) is 0 Å². The van der Waals surface area contributed by atoms with E-state index in [0.29, 0.717) is 6.42 Å². The van der Waals surface area contributed by atoms with Crippen LogP contribution in [0.2, 0.25) is 0 Å². The minimum atomic E-state index is -3.93. The van der Waals surface area contributed by atoms with Gasteiger partial charge in [-0.15, -0.1) is 0 Å². The van der Waals surface area contributed by atoms with Crippen LogP contribution in [0.25, 0.3) is 0 Å². The average Bonchev–Trinajstić information content (AvgIpc) is 1.65. The number of nitrogens with one attached hydrogen (secondary N) is 1. The second-order valence-electron chi connectivity index (χ2n) is 1.62. The van der Waals surface area contributed by atoms with E-state index in [2.05, 4.69) is 20.5 Å². The van der Waals surface area contributed by atoms with E-state index in [1.165, 1.54) is 0 Å². The zero-order valence-electron chi connectivity index (χ0n) is 4.91. The van der Waals surface area contributed by atoms with Gasteiger partial charge in [0, 0.05) is 16.1 Å². The van der Waals surface area contributed by atoms with Gasteiger partial charge in [0.15, 0.2) is 0 Å². The van der Waals surface area contributed by atoms with Gasteiger partial charge in [0.1, 0.15) is 5.78 Å². The van der Waals surface area contributed by atoms with Gasteiger partial charge < -0.3 is 9.79 Å². The monoisotopic (exact) mass is 217 g/mol. The van der Waals surface area contributed by atoms with E-state index < -0.39 is 13.4 Å². The average molecular weight is 218 g/mol. The van der Waals surface area contributed by atoms with Gasteiger partial charge in [-0.2, -0.15) is 0 Å². The molecule has 0 radical (unpaired) electrons. The number of hydrogen-bond donors (Lipinski definition) is 3. The number of halogens is 1. The lowest BCUT2D eigenvalue weighted by molar-refractivity contribution is 0.354. The predicted molar refractivity (Wildman–Crippen MR) is 38.2 cm³/mol. The van der Waals surface area contributed by atoms with Crippen LogP contribution in [0.3, 0.4) is 0 Å². The van der Waals surface area contributed by atoms with Crippen molar-refractivity contribution in [3.63, 3.8) is 0 Å². The Hall–Kier alpha value is 0.590. The van der Waals surface area contributed by atoms with E-state index in [-0.39, 0.29) is 0 Å². The topological polar surface area (TPSA) is 69.6 Å². The Morgan fingerprint density at radius 2 is 2.22 bits per heavy atom. The summed E-state index contributed by atoms with van der Waals surface area (Å²) in [6.45, 7) is 1.69. The third kappa shape index (κ3) is 3.33. The van der Waals surface area contributed by atoms with Crippen LogP contribution in [0, 0.1) is 0 Å². The molecule has 4 nitrogen and oxygen atoms in total. The van der Waals surface area contributed by atoms with Gasteiger partial charge in [0.25, 0.3) is 0 Å². The molecule has 6 heteroatoms. The molecule has 56 valence electrons. The summed E-state index contributed by atoms with van der Waals surface area (Å²) < 4.78 is 12.7. The molecule has 0 aromatic heterocycles. The summed E-state index contributed by atoms with van der Waals surface area (Å²) >= 11 is 2.77. The van der Waals surface area contributed by atoms with Crippen LogP contribution in [0.15, 0.2) is 0 Å². The lowest BCUT2D eigenvalue weighted by atomic mass is 10.5. The van der Waals surface area contributed by atoms with E-state index in [1.807, 2.05) is 0 Å². The predicted octanol–water partition coefficient (Wildman–Crippen LogP) is 0.800. The Labute approximate surface area is 62.1 Å². The first-order valence-electron chi connectivity index (χ1n) is 2.43. The highest BCUT2D eigenvalue weighted by atomic mass is 79.9. The van der Waals surface area contributed by atoms with Gasteiger partial charge >= 0.3 is 7.60 Å². The third-order valence-electron chi connectivity index (χ3n) is 0.919. The molecule has 1 unspecified atom stereocenters. The van der Waals surface area contributed by atoms with Gasteiger partial charge in [-0.05, 0) is 6.42 Å². The third-order valence-corrected chi connectivity index (χ3v) is 3.13. The molecule has 0 spiro atoms. The van der Waals surface area contributed by atoms with Crippen molar-refractivity contribution in [2.45, 2.75) is 19.1 Å². The summed E-state index contributed by atoms with van der Waals surface area (Å²) in [7, 11) is -3.93. The highest BCUT2D eigenvalue weighted by molar-refractivity contribution is 9.08. The van der Waals surface area contributed by atoms with Crippen LogP contribution < -0.4 is 4.34 Å². The van der Waals surface area contributed by atoms with E-state index in [9.17, 15) is 4.57 Å².